The van der Waals surface area contributed by atoms with Crippen LogP contribution in [0.25, 0.3) is 11.1 Å². The second-order valence-corrected chi connectivity index (χ2v) is 10.4. The molecule has 6 heteroatoms. The third-order valence-corrected chi connectivity index (χ3v) is 7.00. The van der Waals surface area contributed by atoms with Crippen LogP contribution in [0.2, 0.25) is 0 Å². The average molecular weight is 449 g/mol. The van der Waals surface area contributed by atoms with E-state index >= 15 is 0 Å². The minimum Gasteiger partial charge on any atom is -0.448 e. The van der Waals surface area contributed by atoms with Gasteiger partial charge in [-0.1, -0.05) is 48.5 Å². The minimum atomic E-state index is -0.523. The number of amides is 2. The standard InChI is InChI=1S/C27H32N2O4/c1-27(2,3)33-25(30)28-17-14-18-12-13-19(15-17)29(18)26(31)32-16-24-22-10-6-4-8-20(22)21-9-5-7-11-23(21)24/h4-11,17-19,24H,12-16H2,1-3H3,(H,28,30). The Kier molecular flexibility index (Phi) is 5.55. The molecule has 0 aromatic heterocycles. The quantitative estimate of drug-likeness (QED) is 0.677. The number of carbonyl (C=O) groups is 2. The first-order chi connectivity index (χ1) is 15.8. The summed E-state index contributed by atoms with van der Waals surface area (Å²) in [5.74, 6) is 0.0605. The highest BCUT2D eigenvalue weighted by atomic mass is 16.6. The molecule has 2 fully saturated rings. The number of nitrogens with one attached hydrogen (secondary N) is 1. The van der Waals surface area contributed by atoms with Crippen LogP contribution in [0.1, 0.15) is 63.5 Å². The molecule has 3 aliphatic rings. The summed E-state index contributed by atoms with van der Waals surface area (Å²) in [6.07, 6.45) is 2.74. The van der Waals surface area contributed by atoms with Crippen LogP contribution >= 0.6 is 0 Å². The smallest absolute Gasteiger partial charge is 0.410 e. The average Bonchev–Trinajstić information content (AvgIpc) is 3.22. The molecule has 1 N–H and O–H groups in total. The number of benzene rings is 2. The number of fused-ring (bicyclic) bond motifs is 5. The third kappa shape index (κ3) is 4.31. The number of ether oxygens (including phenoxy) is 2. The van der Waals surface area contributed by atoms with Crippen molar-refractivity contribution in [2.75, 3.05) is 6.61 Å². The molecule has 2 unspecified atom stereocenters. The zero-order valence-corrected chi connectivity index (χ0v) is 19.5. The Morgan fingerprint density at radius 3 is 2.03 bits per heavy atom. The Morgan fingerprint density at radius 1 is 0.939 bits per heavy atom. The van der Waals surface area contributed by atoms with Crippen molar-refractivity contribution in [1.29, 1.82) is 0 Å². The lowest BCUT2D eigenvalue weighted by molar-refractivity contribution is 0.0411. The van der Waals surface area contributed by atoms with Crippen LogP contribution in [0.15, 0.2) is 48.5 Å². The maximum absolute atomic E-state index is 13.1. The number of piperidine rings is 1. The number of hydrogen-bond acceptors (Lipinski definition) is 4. The highest BCUT2D eigenvalue weighted by Gasteiger charge is 2.45. The van der Waals surface area contributed by atoms with Gasteiger partial charge in [0.1, 0.15) is 12.2 Å². The van der Waals surface area contributed by atoms with Gasteiger partial charge in [0, 0.05) is 24.0 Å². The van der Waals surface area contributed by atoms with Gasteiger partial charge in [-0.3, -0.25) is 0 Å². The van der Waals surface area contributed by atoms with Crippen LogP contribution < -0.4 is 5.32 Å². The predicted octanol–water partition coefficient (Wildman–Crippen LogP) is 5.46. The zero-order valence-electron chi connectivity index (χ0n) is 19.5. The van der Waals surface area contributed by atoms with Gasteiger partial charge in [0.05, 0.1) is 0 Å². The molecule has 2 saturated heterocycles. The molecule has 0 spiro atoms. The summed E-state index contributed by atoms with van der Waals surface area (Å²) >= 11 is 0. The van der Waals surface area contributed by atoms with Gasteiger partial charge in [-0.15, -0.1) is 0 Å². The SMILES string of the molecule is CC(C)(C)OC(=O)NC1CC2CCC(C1)N2C(=O)OCC1c2ccccc2-c2ccccc21. The van der Waals surface area contributed by atoms with Crippen molar-refractivity contribution >= 4 is 12.2 Å². The van der Waals surface area contributed by atoms with Gasteiger partial charge >= 0.3 is 12.2 Å². The molecule has 2 amide bonds. The molecule has 2 atom stereocenters. The van der Waals surface area contributed by atoms with E-state index in [1.54, 1.807) is 0 Å². The Balaban J connectivity index is 1.22. The van der Waals surface area contributed by atoms with Gasteiger partial charge in [-0.2, -0.15) is 0 Å². The fourth-order valence-electron chi connectivity index (χ4n) is 5.74. The van der Waals surface area contributed by atoms with Crippen LogP contribution in [-0.2, 0) is 9.47 Å². The van der Waals surface area contributed by atoms with Crippen molar-refractivity contribution in [3.63, 3.8) is 0 Å². The fourth-order valence-corrected chi connectivity index (χ4v) is 5.74. The summed E-state index contributed by atoms with van der Waals surface area (Å²) < 4.78 is 11.3. The van der Waals surface area contributed by atoms with E-state index in [-0.39, 0.29) is 36.2 Å². The van der Waals surface area contributed by atoms with Crippen LogP contribution in [0.3, 0.4) is 0 Å². The van der Waals surface area contributed by atoms with E-state index in [0.717, 1.165) is 25.7 Å². The lowest BCUT2D eigenvalue weighted by Crippen LogP contribution is -2.53. The highest BCUT2D eigenvalue weighted by Crippen LogP contribution is 2.45. The van der Waals surface area contributed by atoms with Gasteiger partial charge in [0.25, 0.3) is 0 Å². The minimum absolute atomic E-state index is 0.0231. The monoisotopic (exact) mass is 448 g/mol. The van der Waals surface area contributed by atoms with Crippen molar-refractivity contribution in [2.45, 2.75) is 76.1 Å². The summed E-state index contributed by atoms with van der Waals surface area (Å²) in [7, 11) is 0. The molecule has 2 bridgehead atoms. The van der Waals surface area contributed by atoms with Crippen LogP contribution in [0.4, 0.5) is 9.59 Å². The molecule has 2 aliphatic heterocycles. The molecule has 5 rings (SSSR count). The summed E-state index contributed by atoms with van der Waals surface area (Å²) in [5.41, 5.74) is 4.36. The second-order valence-electron chi connectivity index (χ2n) is 10.4. The first kappa shape index (κ1) is 21.8. The normalized spacial score (nSPS) is 23.6. The van der Waals surface area contributed by atoms with E-state index in [1.165, 1.54) is 22.3 Å². The van der Waals surface area contributed by atoms with Gasteiger partial charge < -0.3 is 19.7 Å². The molecule has 33 heavy (non-hydrogen) atoms. The van der Waals surface area contributed by atoms with E-state index in [1.807, 2.05) is 37.8 Å². The number of rotatable bonds is 3. The summed E-state index contributed by atoms with van der Waals surface area (Å²) in [6.45, 7) is 5.91. The van der Waals surface area contributed by atoms with E-state index in [4.69, 9.17) is 9.47 Å². The molecule has 2 heterocycles. The van der Waals surface area contributed by atoms with Crippen molar-refractivity contribution in [2.24, 2.45) is 0 Å². The molecule has 2 aromatic carbocycles. The van der Waals surface area contributed by atoms with E-state index in [0.29, 0.717) is 6.61 Å². The number of hydrogen-bond donors (Lipinski definition) is 1. The number of nitrogens with zero attached hydrogens (tertiary/aromatic N) is 1. The van der Waals surface area contributed by atoms with Gasteiger partial charge in [-0.25, -0.2) is 9.59 Å². The molecule has 1 aliphatic carbocycles. The van der Waals surface area contributed by atoms with Crippen LogP contribution in [0.5, 0.6) is 0 Å². The molecule has 0 saturated carbocycles. The molecular weight excluding hydrogens is 416 g/mol. The van der Waals surface area contributed by atoms with E-state index in [9.17, 15) is 9.59 Å². The highest BCUT2D eigenvalue weighted by molar-refractivity contribution is 5.79. The van der Waals surface area contributed by atoms with Crippen molar-refractivity contribution in [1.82, 2.24) is 10.2 Å². The van der Waals surface area contributed by atoms with E-state index in [2.05, 4.69) is 41.7 Å². The van der Waals surface area contributed by atoms with E-state index < -0.39 is 5.60 Å². The zero-order chi connectivity index (χ0) is 23.2. The Morgan fingerprint density at radius 2 is 1.48 bits per heavy atom. The molecular formula is C27H32N2O4. The van der Waals surface area contributed by atoms with Gasteiger partial charge in [-0.05, 0) is 68.7 Å². The van der Waals surface area contributed by atoms with Crippen molar-refractivity contribution in [3.05, 3.63) is 59.7 Å². The topological polar surface area (TPSA) is 67.9 Å². The first-order valence-electron chi connectivity index (χ1n) is 11.9. The number of carbonyl (C=O) groups excluding carboxylic acids is 2. The largest absolute Gasteiger partial charge is 0.448 e. The van der Waals surface area contributed by atoms with Crippen LogP contribution in [0, 0.1) is 0 Å². The molecule has 0 radical (unpaired) electrons. The molecule has 174 valence electrons. The summed E-state index contributed by atoms with van der Waals surface area (Å²) in [6, 6.07) is 16.9. The summed E-state index contributed by atoms with van der Waals surface area (Å²) in [4.78, 5) is 27.3. The third-order valence-electron chi connectivity index (χ3n) is 7.00. The van der Waals surface area contributed by atoms with Gasteiger partial charge in [0.15, 0.2) is 0 Å². The Hall–Kier alpha value is -3.02. The maximum atomic E-state index is 13.1. The van der Waals surface area contributed by atoms with Crippen molar-refractivity contribution in [3.8, 4) is 11.1 Å². The Bertz CT molecular complexity index is 1000. The lowest BCUT2D eigenvalue weighted by Gasteiger charge is -2.38. The Labute approximate surface area is 195 Å². The van der Waals surface area contributed by atoms with Crippen molar-refractivity contribution < 1.29 is 19.1 Å². The van der Waals surface area contributed by atoms with Crippen LogP contribution in [-0.4, -0.2) is 47.4 Å². The fraction of sp³-hybridized carbons (Fsp3) is 0.481. The predicted molar refractivity (Wildman–Crippen MR) is 126 cm³/mol. The molecule has 6 nitrogen and oxygen atoms in total. The lowest BCUT2D eigenvalue weighted by atomic mass is 9.97. The maximum Gasteiger partial charge on any atom is 0.410 e. The molecule has 2 aromatic rings. The van der Waals surface area contributed by atoms with Gasteiger partial charge in [0.2, 0.25) is 0 Å². The second kappa shape index (κ2) is 8.40. The summed E-state index contributed by atoms with van der Waals surface area (Å²) in [5, 5.41) is 2.99. The number of alkyl carbamates (subject to hydrolysis) is 1. The first-order valence-corrected chi connectivity index (χ1v) is 11.9.